The van der Waals surface area contributed by atoms with E-state index >= 15 is 0 Å². The molecule has 0 spiro atoms. The number of amides is 1. The molecular formula is C15H19N3O2S2. The van der Waals surface area contributed by atoms with E-state index in [2.05, 4.69) is 29.4 Å². The molecule has 1 aromatic carbocycles. The Morgan fingerprint density at radius 1 is 1.32 bits per heavy atom. The second kappa shape index (κ2) is 8.14. The van der Waals surface area contributed by atoms with Crippen molar-refractivity contribution in [3.63, 3.8) is 0 Å². The fourth-order valence-corrected chi connectivity index (χ4v) is 3.36. The largest absolute Gasteiger partial charge is 0.484 e. The summed E-state index contributed by atoms with van der Waals surface area (Å²) < 4.78 is 6.32. The molecule has 5 nitrogen and oxygen atoms in total. The number of carbonyl (C=O) groups excluding carboxylic acids is 1. The van der Waals surface area contributed by atoms with Crippen LogP contribution in [-0.4, -0.2) is 28.5 Å². The van der Waals surface area contributed by atoms with Crippen molar-refractivity contribution >= 4 is 34.1 Å². The average Bonchev–Trinajstić information content (AvgIpc) is 2.93. The van der Waals surface area contributed by atoms with Crippen molar-refractivity contribution in [2.24, 2.45) is 0 Å². The van der Waals surface area contributed by atoms with E-state index in [9.17, 15) is 4.79 Å². The van der Waals surface area contributed by atoms with Crippen LogP contribution in [0, 0.1) is 0 Å². The molecule has 22 heavy (non-hydrogen) atoms. The molecule has 0 unspecified atom stereocenters. The first-order chi connectivity index (χ1) is 10.6. The third-order valence-electron chi connectivity index (χ3n) is 2.84. The molecule has 0 saturated heterocycles. The van der Waals surface area contributed by atoms with Gasteiger partial charge in [0.2, 0.25) is 5.13 Å². The van der Waals surface area contributed by atoms with Crippen LogP contribution in [0.3, 0.4) is 0 Å². The SMILES string of the molecule is CCSc1nnc(NC(=O)COc2ccc(C(C)C)cc2)s1. The monoisotopic (exact) mass is 337 g/mol. The minimum atomic E-state index is -0.239. The maximum absolute atomic E-state index is 11.8. The molecule has 0 bridgehead atoms. The predicted octanol–water partition coefficient (Wildman–Crippen LogP) is 3.79. The van der Waals surface area contributed by atoms with Gasteiger partial charge < -0.3 is 4.74 Å². The number of rotatable bonds is 7. The highest BCUT2D eigenvalue weighted by Crippen LogP contribution is 2.25. The molecule has 1 aromatic heterocycles. The Labute approximate surface area is 138 Å². The summed E-state index contributed by atoms with van der Waals surface area (Å²) in [6.07, 6.45) is 0. The molecule has 0 atom stereocenters. The van der Waals surface area contributed by atoms with E-state index in [1.165, 1.54) is 16.9 Å². The number of carbonyl (C=O) groups is 1. The quantitative estimate of drug-likeness (QED) is 0.615. The van der Waals surface area contributed by atoms with E-state index in [0.29, 0.717) is 16.8 Å². The summed E-state index contributed by atoms with van der Waals surface area (Å²) in [6, 6.07) is 7.78. The average molecular weight is 337 g/mol. The van der Waals surface area contributed by atoms with E-state index in [-0.39, 0.29) is 12.5 Å². The molecule has 2 aromatic rings. The Hall–Kier alpha value is -1.60. The zero-order valence-electron chi connectivity index (χ0n) is 12.8. The van der Waals surface area contributed by atoms with Crippen LogP contribution >= 0.6 is 23.1 Å². The van der Waals surface area contributed by atoms with Crippen LogP contribution in [-0.2, 0) is 4.79 Å². The lowest BCUT2D eigenvalue weighted by Crippen LogP contribution is -2.20. The normalized spacial score (nSPS) is 10.7. The summed E-state index contributed by atoms with van der Waals surface area (Å²) in [5.41, 5.74) is 1.24. The van der Waals surface area contributed by atoms with Gasteiger partial charge in [-0.2, -0.15) is 0 Å². The Morgan fingerprint density at radius 3 is 2.68 bits per heavy atom. The van der Waals surface area contributed by atoms with Gasteiger partial charge in [-0.25, -0.2) is 0 Å². The molecule has 1 amide bonds. The van der Waals surface area contributed by atoms with Gasteiger partial charge in [0.15, 0.2) is 10.9 Å². The van der Waals surface area contributed by atoms with Crippen LogP contribution < -0.4 is 10.1 Å². The molecule has 0 aliphatic heterocycles. The van der Waals surface area contributed by atoms with Crippen LogP contribution in [0.5, 0.6) is 5.75 Å². The van der Waals surface area contributed by atoms with E-state index in [0.717, 1.165) is 10.1 Å². The number of hydrogen-bond acceptors (Lipinski definition) is 6. The zero-order chi connectivity index (χ0) is 15.9. The van der Waals surface area contributed by atoms with Gasteiger partial charge in [0.25, 0.3) is 5.91 Å². The molecule has 0 saturated carbocycles. The first kappa shape index (κ1) is 16.8. The van der Waals surface area contributed by atoms with Gasteiger partial charge in [0.1, 0.15) is 5.75 Å². The molecule has 0 radical (unpaired) electrons. The van der Waals surface area contributed by atoms with Crippen molar-refractivity contribution in [1.29, 1.82) is 0 Å². The minimum absolute atomic E-state index is 0.0448. The second-order valence-corrected chi connectivity index (χ2v) is 7.36. The van der Waals surface area contributed by atoms with Crippen molar-refractivity contribution in [3.05, 3.63) is 29.8 Å². The van der Waals surface area contributed by atoms with Gasteiger partial charge in [0.05, 0.1) is 0 Å². The summed E-state index contributed by atoms with van der Waals surface area (Å²) in [4.78, 5) is 11.8. The van der Waals surface area contributed by atoms with Crippen LogP contribution in [0.25, 0.3) is 0 Å². The molecule has 1 N–H and O–H groups in total. The summed E-state index contributed by atoms with van der Waals surface area (Å²) in [5.74, 6) is 1.85. The molecule has 2 rings (SSSR count). The second-order valence-electron chi connectivity index (χ2n) is 4.87. The highest BCUT2D eigenvalue weighted by atomic mass is 32.2. The third-order valence-corrected chi connectivity index (χ3v) is 4.69. The number of nitrogens with zero attached hydrogens (tertiary/aromatic N) is 2. The lowest BCUT2D eigenvalue weighted by Gasteiger charge is -2.08. The van der Waals surface area contributed by atoms with Gasteiger partial charge in [-0.3, -0.25) is 10.1 Å². The maximum Gasteiger partial charge on any atom is 0.264 e. The summed E-state index contributed by atoms with van der Waals surface area (Å²) in [5, 5.41) is 11.1. The molecule has 118 valence electrons. The van der Waals surface area contributed by atoms with Gasteiger partial charge in [0, 0.05) is 0 Å². The van der Waals surface area contributed by atoms with Crippen LogP contribution in [0.2, 0.25) is 0 Å². The van der Waals surface area contributed by atoms with Crippen molar-refractivity contribution < 1.29 is 9.53 Å². The van der Waals surface area contributed by atoms with Gasteiger partial charge in [-0.15, -0.1) is 10.2 Å². The van der Waals surface area contributed by atoms with Gasteiger partial charge >= 0.3 is 0 Å². The number of aromatic nitrogens is 2. The molecule has 0 fully saturated rings. The van der Waals surface area contributed by atoms with Crippen molar-refractivity contribution in [3.8, 4) is 5.75 Å². The molecule has 7 heteroatoms. The summed E-state index contributed by atoms with van der Waals surface area (Å²) in [7, 11) is 0. The highest BCUT2D eigenvalue weighted by Gasteiger charge is 2.09. The summed E-state index contributed by atoms with van der Waals surface area (Å²) >= 11 is 2.97. The first-order valence-corrected chi connectivity index (χ1v) is 8.87. The standard InChI is InChI=1S/C15H19N3O2S2/c1-4-21-15-18-17-14(22-15)16-13(19)9-20-12-7-5-11(6-8-12)10(2)3/h5-8,10H,4,9H2,1-3H3,(H,16,17,19). The fourth-order valence-electron chi connectivity index (χ4n) is 1.70. The smallest absolute Gasteiger partial charge is 0.264 e. The Balaban J connectivity index is 1.81. The van der Waals surface area contributed by atoms with Crippen LogP contribution in [0.1, 0.15) is 32.3 Å². The van der Waals surface area contributed by atoms with Crippen molar-refractivity contribution in [2.45, 2.75) is 31.0 Å². The number of nitrogens with one attached hydrogen (secondary N) is 1. The predicted molar refractivity (Wildman–Crippen MR) is 91.0 cm³/mol. The van der Waals surface area contributed by atoms with Crippen molar-refractivity contribution in [2.75, 3.05) is 17.7 Å². The van der Waals surface area contributed by atoms with E-state index < -0.39 is 0 Å². The maximum atomic E-state index is 11.8. The number of ether oxygens (including phenoxy) is 1. The minimum Gasteiger partial charge on any atom is -0.484 e. The third kappa shape index (κ3) is 4.99. The van der Waals surface area contributed by atoms with E-state index in [4.69, 9.17) is 4.74 Å². The van der Waals surface area contributed by atoms with Crippen LogP contribution in [0.15, 0.2) is 28.6 Å². The van der Waals surface area contributed by atoms with Crippen molar-refractivity contribution in [1.82, 2.24) is 10.2 Å². The van der Waals surface area contributed by atoms with Crippen LogP contribution in [0.4, 0.5) is 5.13 Å². The number of thioether (sulfide) groups is 1. The van der Waals surface area contributed by atoms with Gasteiger partial charge in [-0.1, -0.05) is 56.0 Å². The fraction of sp³-hybridized carbons (Fsp3) is 0.400. The molecular weight excluding hydrogens is 318 g/mol. The Morgan fingerprint density at radius 2 is 2.05 bits per heavy atom. The zero-order valence-corrected chi connectivity index (χ0v) is 14.5. The number of benzene rings is 1. The Kier molecular flexibility index (Phi) is 6.21. The molecule has 0 aliphatic carbocycles. The topological polar surface area (TPSA) is 64.1 Å². The molecule has 0 aliphatic rings. The summed E-state index contributed by atoms with van der Waals surface area (Å²) in [6.45, 7) is 6.27. The first-order valence-electron chi connectivity index (χ1n) is 7.07. The van der Waals surface area contributed by atoms with E-state index in [1.54, 1.807) is 11.8 Å². The van der Waals surface area contributed by atoms with Gasteiger partial charge in [-0.05, 0) is 29.4 Å². The number of anilines is 1. The highest BCUT2D eigenvalue weighted by molar-refractivity contribution is 8.01. The Bertz CT molecular complexity index is 612. The van der Waals surface area contributed by atoms with E-state index in [1.807, 2.05) is 31.2 Å². The number of hydrogen-bond donors (Lipinski definition) is 1. The lowest BCUT2D eigenvalue weighted by molar-refractivity contribution is -0.118. The molecule has 1 heterocycles. The lowest BCUT2D eigenvalue weighted by atomic mass is 10.0.